The van der Waals surface area contributed by atoms with Gasteiger partial charge in [-0.15, -0.1) is 6.58 Å². The number of rotatable bonds is 4. The van der Waals surface area contributed by atoms with E-state index in [1.54, 1.807) is 20.8 Å². The van der Waals surface area contributed by atoms with Gasteiger partial charge in [0.2, 0.25) is 10.0 Å². The molecule has 1 aromatic carbocycles. The van der Waals surface area contributed by atoms with Crippen LogP contribution in [0.5, 0.6) is 0 Å². The van der Waals surface area contributed by atoms with Gasteiger partial charge in [0.25, 0.3) is 0 Å². The molecule has 4 nitrogen and oxygen atoms in total. The summed E-state index contributed by atoms with van der Waals surface area (Å²) in [6, 6.07) is 6.11. The molecule has 0 spiro atoms. The summed E-state index contributed by atoms with van der Waals surface area (Å²) in [6.07, 6.45) is 1.52. The Bertz CT molecular complexity index is 655. The molecule has 0 aliphatic carbocycles. The second-order valence-corrected chi connectivity index (χ2v) is 7.49. The van der Waals surface area contributed by atoms with Gasteiger partial charge < -0.3 is 0 Å². The predicted octanol–water partition coefficient (Wildman–Crippen LogP) is 3.19. The van der Waals surface area contributed by atoms with Crippen LogP contribution in [0.4, 0.5) is 0 Å². The van der Waals surface area contributed by atoms with Crippen LogP contribution in [0.15, 0.2) is 35.7 Å². The van der Waals surface area contributed by atoms with Gasteiger partial charge in [-0.1, -0.05) is 17.7 Å². The van der Waals surface area contributed by atoms with Crippen LogP contribution < -0.4 is 0 Å². The lowest BCUT2D eigenvalue weighted by molar-refractivity contribution is 0.270. The van der Waals surface area contributed by atoms with Crippen LogP contribution in [0.2, 0.25) is 5.02 Å². The summed E-state index contributed by atoms with van der Waals surface area (Å²) in [4.78, 5) is -0.0602. The zero-order valence-electron chi connectivity index (χ0n) is 11.7. The van der Waals surface area contributed by atoms with Crippen LogP contribution >= 0.6 is 11.6 Å². The molecule has 0 heterocycles. The lowest BCUT2D eigenvalue weighted by atomic mass is 10.1. The van der Waals surface area contributed by atoms with Crippen molar-refractivity contribution in [2.24, 2.45) is 0 Å². The predicted molar refractivity (Wildman–Crippen MR) is 80.0 cm³/mol. The number of sulfonamides is 1. The first-order valence-corrected chi connectivity index (χ1v) is 7.80. The minimum absolute atomic E-state index is 0.0602. The van der Waals surface area contributed by atoms with Gasteiger partial charge in [-0.25, -0.2) is 8.42 Å². The average molecular weight is 313 g/mol. The number of nitrogens with zero attached hydrogens (tertiary/aromatic N) is 2. The van der Waals surface area contributed by atoms with E-state index < -0.39 is 15.6 Å². The maximum Gasteiger partial charge on any atom is 0.245 e. The Kier molecular flexibility index (Phi) is 4.98. The molecule has 0 aromatic heterocycles. The van der Waals surface area contributed by atoms with Gasteiger partial charge in [0.1, 0.15) is 4.90 Å². The van der Waals surface area contributed by atoms with Crippen molar-refractivity contribution in [2.75, 3.05) is 6.54 Å². The molecule has 1 rings (SSSR count). The lowest BCUT2D eigenvalue weighted by Gasteiger charge is -2.33. The Morgan fingerprint density at radius 3 is 2.50 bits per heavy atom. The SMILES string of the molecule is C=CCN(C(C)(C)C)S(=O)(=O)c1cc(C#N)ccc1Cl. The summed E-state index contributed by atoms with van der Waals surface area (Å²) < 4.78 is 26.8. The molecule has 0 aliphatic rings. The summed E-state index contributed by atoms with van der Waals surface area (Å²) in [7, 11) is -3.81. The van der Waals surface area contributed by atoms with Gasteiger partial charge >= 0.3 is 0 Å². The highest BCUT2D eigenvalue weighted by atomic mass is 35.5. The molecular weight excluding hydrogens is 296 g/mol. The maximum atomic E-state index is 12.7. The molecule has 0 aliphatic heterocycles. The molecule has 0 bridgehead atoms. The highest BCUT2D eigenvalue weighted by Crippen LogP contribution is 2.29. The molecule has 0 N–H and O–H groups in total. The fourth-order valence-corrected chi connectivity index (χ4v) is 4.00. The van der Waals surface area contributed by atoms with Crippen molar-refractivity contribution in [3.63, 3.8) is 0 Å². The van der Waals surface area contributed by atoms with Crippen molar-refractivity contribution >= 4 is 21.6 Å². The number of hydrogen-bond acceptors (Lipinski definition) is 3. The Morgan fingerprint density at radius 1 is 1.45 bits per heavy atom. The Balaban J connectivity index is 3.49. The first kappa shape index (κ1) is 16.7. The van der Waals surface area contributed by atoms with Gasteiger partial charge in [-0.3, -0.25) is 0 Å². The molecule has 0 amide bonds. The molecule has 0 saturated carbocycles. The minimum atomic E-state index is -3.81. The van der Waals surface area contributed by atoms with E-state index in [1.807, 2.05) is 6.07 Å². The summed E-state index contributed by atoms with van der Waals surface area (Å²) in [5.74, 6) is 0. The quantitative estimate of drug-likeness (QED) is 0.802. The summed E-state index contributed by atoms with van der Waals surface area (Å²) >= 11 is 5.99. The van der Waals surface area contributed by atoms with E-state index in [0.717, 1.165) is 0 Å². The van der Waals surface area contributed by atoms with Gasteiger partial charge in [0.15, 0.2) is 0 Å². The fraction of sp³-hybridized carbons (Fsp3) is 0.357. The summed E-state index contributed by atoms with van der Waals surface area (Å²) in [5.41, 5.74) is -0.376. The second kappa shape index (κ2) is 5.96. The van der Waals surface area contributed by atoms with Crippen LogP contribution in [0, 0.1) is 11.3 Å². The van der Waals surface area contributed by atoms with E-state index >= 15 is 0 Å². The number of halogens is 1. The maximum absolute atomic E-state index is 12.7. The van der Waals surface area contributed by atoms with E-state index in [0.29, 0.717) is 0 Å². The molecule has 0 radical (unpaired) electrons. The van der Waals surface area contributed by atoms with Crippen LogP contribution in [0.3, 0.4) is 0 Å². The summed E-state index contributed by atoms with van der Waals surface area (Å²) in [5, 5.41) is 9.00. The topological polar surface area (TPSA) is 61.2 Å². The van der Waals surface area contributed by atoms with Crippen molar-refractivity contribution in [3.05, 3.63) is 41.4 Å². The molecule has 0 saturated heterocycles. The molecule has 108 valence electrons. The van der Waals surface area contributed by atoms with Crippen molar-refractivity contribution in [2.45, 2.75) is 31.2 Å². The van der Waals surface area contributed by atoms with Crippen LogP contribution in [0.25, 0.3) is 0 Å². The third-order valence-corrected chi connectivity index (χ3v) is 5.28. The smallest absolute Gasteiger partial charge is 0.207 e. The van der Waals surface area contributed by atoms with Gasteiger partial charge in [0.05, 0.1) is 16.7 Å². The van der Waals surface area contributed by atoms with E-state index in [9.17, 15) is 8.42 Å². The van der Waals surface area contributed by atoms with Crippen LogP contribution in [-0.4, -0.2) is 24.8 Å². The normalized spacial score (nSPS) is 12.2. The Labute approximate surface area is 125 Å². The molecule has 0 atom stereocenters. The molecule has 6 heteroatoms. The largest absolute Gasteiger partial charge is 0.245 e. The first-order chi connectivity index (χ1) is 9.14. The van der Waals surface area contributed by atoms with E-state index in [-0.39, 0.29) is 22.0 Å². The Hall–Kier alpha value is -1.35. The van der Waals surface area contributed by atoms with Gasteiger partial charge in [-0.05, 0) is 39.0 Å². The highest BCUT2D eigenvalue weighted by Gasteiger charge is 2.34. The zero-order valence-corrected chi connectivity index (χ0v) is 13.3. The fourth-order valence-electron chi connectivity index (χ4n) is 1.74. The van der Waals surface area contributed by atoms with Crippen molar-refractivity contribution in [1.29, 1.82) is 5.26 Å². The summed E-state index contributed by atoms with van der Waals surface area (Å²) in [6.45, 7) is 9.11. The van der Waals surface area contributed by atoms with Crippen LogP contribution in [-0.2, 0) is 10.0 Å². The minimum Gasteiger partial charge on any atom is -0.207 e. The standard InChI is InChI=1S/C14H17ClN2O2S/c1-5-8-17(14(2,3)4)20(18,19)13-9-11(10-16)6-7-12(13)15/h5-7,9H,1,8H2,2-4H3. The molecule has 1 aromatic rings. The number of benzene rings is 1. The molecular formula is C14H17ClN2O2S. The zero-order chi connectivity index (χ0) is 15.6. The monoisotopic (exact) mass is 312 g/mol. The van der Waals surface area contributed by atoms with Crippen molar-refractivity contribution in [3.8, 4) is 6.07 Å². The first-order valence-electron chi connectivity index (χ1n) is 5.98. The molecule has 0 fully saturated rings. The van der Waals surface area contributed by atoms with E-state index in [2.05, 4.69) is 6.58 Å². The van der Waals surface area contributed by atoms with Crippen molar-refractivity contribution in [1.82, 2.24) is 4.31 Å². The third kappa shape index (κ3) is 3.40. The highest BCUT2D eigenvalue weighted by molar-refractivity contribution is 7.89. The van der Waals surface area contributed by atoms with E-state index in [1.165, 1.54) is 28.6 Å². The number of nitriles is 1. The molecule has 0 unspecified atom stereocenters. The Morgan fingerprint density at radius 2 is 2.05 bits per heavy atom. The molecule has 20 heavy (non-hydrogen) atoms. The van der Waals surface area contributed by atoms with Gasteiger partial charge in [0, 0.05) is 12.1 Å². The number of hydrogen-bond donors (Lipinski definition) is 0. The van der Waals surface area contributed by atoms with Crippen LogP contribution in [0.1, 0.15) is 26.3 Å². The van der Waals surface area contributed by atoms with E-state index in [4.69, 9.17) is 16.9 Å². The van der Waals surface area contributed by atoms with Gasteiger partial charge in [-0.2, -0.15) is 9.57 Å². The third-order valence-electron chi connectivity index (χ3n) is 2.67. The average Bonchev–Trinajstić information content (AvgIpc) is 2.34. The lowest BCUT2D eigenvalue weighted by Crippen LogP contribution is -2.45. The van der Waals surface area contributed by atoms with Crippen molar-refractivity contribution < 1.29 is 8.42 Å². The second-order valence-electron chi connectivity index (χ2n) is 5.25.